The number of rotatable bonds is 6. The summed E-state index contributed by atoms with van der Waals surface area (Å²) in [5.74, 6) is 0. The van der Waals surface area contributed by atoms with Gasteiger partial charge in [0, 0.05) is 12.5 Å². The molecule has 0 spiro atoms. The minimum Gasteiger partial charge on any atom is -0.449 e. The predicted octanol–water partition coefficient (Wildman–Crippen LogP) is 4.25. The van der Waals surface area contributed by atoms with Crippen LogP contribution < -0.4 is 9.62 Å². The molecule has 186 valence electrons. The van der Waals surface area contributed by atoms with Gasteiger partial charge in [-0.2, -0.15) is 39.1 Å². The highest BCUT2D eigenvalue weighted by Gasteiger charge is 2.60. The summed E-state index contributed by atoms with van der Waals surface area (Å²) in [7, 11) is -6.27. The number of amides is 2. The summed E-state index contributed by atoms with van der Waals surface area (Å²) in [6, 6.07) is 3.10. The second-order valence-electron chi connectivity index (χ2n) is 7.03. The summed E-state index contributed by atoms with van der Waals surface area (Å²) in [5, 5.41) is 2.15. The van der Waals surface area contributed by atoms with E-state index in [4.69, 9.17) is 0 Å². The molecule has 1 aliphatic rings. The second-order valence-corrected chi connectivity index (χ2v) is 8.81. The number of para-hydroxylation sites is 1. The lowest BCUT2D eigenvalue weighted by atomic mass is 9.87. The molecular formula is C18H20F6N2O6S. The Bertz CT molecular complexity index is 997. The van der Waals surface area contributed by atoms with E-state index in [1.807, 2.05) is 0 Å². The van der Waals surface area contributed by atoms with Crippen molar-refractivity contribution in [2.75, 3.05) is 10.9 Å². The van der Waals surface area contributed by atoms with Crippen molar-refractivity contribution in [2.24, 2.45) is 0 Å². The molecule has 2 atom stereocenters. The van der Waals surface area contributed by atoms with Gasteiger partial charge in [0.05, 0.1) is 12.3 Å². The molecule has 1 aromatic carbocycles. The van der Waals surface area contributed by atoms with Crippen LogP contribution in [0.15, 0.2) is 24.3 Å². The zero-order valence-electron chi connectivity index (χ0n) is 17.3. The first-order chi connectivity index (χ1) is 15.1. The smallest absolute Gasteiger partial charge is 0.449 e. The van der Waals surface area contributed by atoms with Gasteiger partial charge in [0.15, 0.2) is 0 Å². The number of benzene rings is 1. The number of sulfonamides is 1. The number of carbonyl (C=O) groups excluding carboxylic acids is 2. The van der Waals surface area contributed by atoms with E-state index >= 15 is 0 Å². The van der Waals surface area contributed by atoms with E-state index < -0.39 is 81.4 Å². The normalized spacial score (nSPS) is 21.7. The minimum absolute atomic E-state index is 0.252. The molecule has 8 nitrogen and oxygen atoms in total. The van der Waals surface area contributed by atoms with Gasteiger partial charge in [-0.1, -0.05) is 25.1 Å². The molecule has 0 bridgehead atoms. The highest BCUT2D eigenvalue weighted by Crippen LogP contribution is 2.43. The number of nitrogens with zero attached hydrogens (tertiary/aromatic N) is 1. The Morgan fingerprint density at radius 2 is 1.82 bits per heavy atom. The van der Waals surface area contributed by atoms with Crippen LogP contribution in [0.1, 0.15) is 32.3 Å². The van der Waals surface area contributed by atoms with E-state index in [-0.39, 0.29) is 5.56 Å². The molecule has 0 aliphatic carbocycles. The number of halogens is 6. The zero-order valence-corrected chi connectivity index (χ0v) is 18.1. The average Bonchev–Trinajstić information content (AvgIpc) is 2.67. The van der Waals surface area contributed by atoms with Crippen molar-refractivity contribution in [3.63, 3.8) is 0 Å². The molecule has 0 radical (unpaired) electrons. The molecule has 33 heavy (non-hydrogen) atoms. The Hall–Kier alpha value is -2.71. The van der Waals surface area contributed by atoms with E-state index in [1.165, 1.54) is 13.0 Å². The first-order valence-corrected chi connectivity index (χ1v) is 11.0. The van der Waals surface area contributed by atoms with Crippen molar-refractivity contribution in [2.45, 2.75) is 56.4 Å². The van der Waals surface area contributed by atoms with Crippen LogP contribution in [0, 0.1) is 0 Å². The van der Waals surface area contributed by atoms with E-state index in [1.54, 1.807) is 0 Å². The van der Waals surface area contributed by atoms with Crippen LogP contribution >= 0.6 is 0 Å². The molecule has 0 aromatic heterocycles. The molecule has 2 amide bonds. The van der Waals surface area contributed by atoms with Crippen LogP contribution in [0.25, 0.3) is 0 Å². The Labute approximate surface area is 184 Å². The second kappa shape index (κ2) is 9.27. The van der Waals surface area contributed by atoms with Crippen LogP contribution in [-0.4, -0.2) is 50.5 Å². The highest BCUT2D eigenvalue weighted by molar-refractivity contribution is 7.94. The van der Waals surface area contributed by atoms with Gasteiger partial charge < -0.3 is 14.8 Å². The molecule has 1 saturated heterocycles. The Kier molecular flexibility index (Phi) is 7.45. The SMILES string of the molecule is CCOC(=O)N(c1ccccc1CC1CC(CC)(C(F)(F)F)OC(=O)N1)S(=O)(=O)C(F)(F)F. The third-order valence-electron chi connectivity index (χ3n) is 4.92. The van der Waals surface area contributed by atoms with Crippen LogP contribution in [0.2, 0.25) is 0 Å². The third-order valence-corrected chi connectivity index (χ3v) is 6.33. The first kappa shape index (κ1) is 26.5. The molecule has 2 unspecified atom stereocenters. The number of cyclic esters (lactones) is 1. The number of alkyl halides is 6. The van der Waals surface area contributed by atoms with Crippen molar-refractivity contribution in [1.82, 2.24) is 5.32 Å². The number of carbonyl (C=O) groups is 2. The standard InChI is InChI=1S/C18H20F6N2O6S/c1-3-16(17(19,20)21)10-12(25-14(27)32-16)9-11-7-5-6-8-13(11)26(15(28)31-4-2)33(29,30)18(22,23)24/h5-8,12H,3-4,9-10H2,1-2H3,(H,25,27). The zero-order chi connectivity index (χ0) is 25.2. The predicted molar refractivity (Wildman–Crippen MR) is 102 cm³/mol. The fraction of sp³-hybridized carbons (Fsp3) is 0.556. The molecule has 1 aliphatic heterocycles. The van der Waals surface area contributed by atoms with Crippen LogP contribution in [0.5, 0.6) is 0 Å². The molecule has 1 fully saturated rings. The fourth-order valence-corrected chi connectivity index (χ4v) is 4.23. The summed E-state index contributed by atoms with van der Waals surface area (Å²) >= 11 is 0. The van der Waals surface area contributed by atoms with Gasteiger partial charge >= 0.3 is 33.9 Å². The molecular weight excluding hydrogens is 486 g/mol. The minimum atomic E-state index is -6.27. The number of anilines is 1. The lowest BCUT2D eigenvalue weighted by molar-refractivity contribution is -0.269. The van der Waals surface area contributed by atoms with E-state index in [0.29, 0.717) is 0 Å². The van der Waals surface area contributed by atoms with Gasteiger partial charge in [0.2, 0.25) is 5.60 Å². The number of alkyl carbamates (subject to hydrolysis) is 1. The molecule has 15 heteroatoms. The molecule has 1 N–H and O–H groups in total. The number of hydrogen-bond donors (Lipinski definition) is 1. The van der Waals surface area contributed by atoms with Gasteiger partial charge in [-0.15, -0.1) is 0 Å². The Morgan fingerprint density at radius 3 is 2.33 bits per heavy atom. The largest absolute Gasteiger partial charge is 0.517 e. The van der Waals surface area contributed by atoms with Crippen LogP contribution in [0.3, 0.4) is 0 Å². The van der Waals surface area contributed by atoms with Crippen molar-refractivity contribution in [3.05, 3.63) is 29.8 Å². The van der Waals surface area contributed by atoms with Crippen molar-refractivity contribution in [1.29, 1.82) is 0 Å². The molecule has 0 saturated carbocycles. The Morgan fingerprint density at radius 1 is 1.21 bits per heavy atom. The quantitative estimate of drug-likeness (QED) is 0.579. The summed E-state index contributed by atoms with van der Waals surface area (Å²) in [6.07, 6.45) is -10.1. The summed E-state index contributed by atoms with van der Waals surface area (Å²) in [6.45, 7) is 1.93. The number of nitrogens with one attached hydrogen (secondary N) is 1. The first-order valence-electron chi connectivity index (χ1n) is 9.52. The molecule has 2 rings (SSSR count). The van der Waals surface area contributed by atoms with Gasteiger partial charge in [-0.3, -0.25) is 0 Å². The number of ether oxygens (including phenoxy) is 2. The molecule has 1 heterocycles. The van der Waals surface area contributed by atoms with Crippen molar-refractivity contribution in [3.8, 4) is 0 Å². The topological polar surface area (TPSA) is 102 Å². The van der Waals surface area contributed by atoms with Gasteiger partial charge in [0.1, 0.15) is 0 Å². The maximum atomic E-state index is 13.6. The van der Waals surface area contributed by atoms with Crippen LogP contribution in [0.4, 0.5) is 41.6 Å². The summed E-state index contributed by atoms with van der Waals surface area (Å²) in [5.41, 5.74) is -9.75. The lowest BCUT2D eigenvalue weighted by Gasteiger charge is -2.41. The van der Waals surface area contributed by atoms with Crippen LogP contribution in [-0.2, 0) is 25.9 Å². The van der Waals surface area contributed by atoms with E-state index in [2.05, 4.69) is 14.8 Å². The summed E-state index contributed by atoms with van der Waals surface area (Å²) in [4.78, 5) is 24.0. The number of hydrogen-bond acceptors (Lipinski definition) is 6. The van der Waals surface area contributed by atoms with Crippen molar-refractivity contribution >= 4 is 27.9 Å². The van der Waals surface area contributed by atoms with Gasteiger partial charge in [-0.25, -0.2) is 9.59 Å². The average molecular weight is 506 g/mol. The van der Waals surface area contributed by atoms with Gasteiger partial charge in [-0.05, 0) is 31.4 Å². The van der Waals surface area contributed by atoms with Crippen molar-refractivity contribution < 1.29 is 53.8 Å². The maximum absolute atomic E-state index is 13.6. The lowest BCUT2D eigenvalue weighted by Crippen LogP contribution is -2.59. The highest BCUT2D eigenvalue weighted by atomic mass is 32.2. The Balaban J connectivity index is 2.53. The third kappa shape index (κ3) is 5.28. The monoisotopic (exact) mass is 506 g/mol. The van der Waals surface area contributed by atoms with E-state index in [0.717, 1.165) is 25.1 Å². The maximum Gasteiger partial charge on any atom is 0.517 e. The fourth-order valence-electron chi connectivity index (χ4n) is 3.34. The van der Waals surface area contributed by atoms with Gasteiger partial charge in [0.25, 0.3) is 0 Å². The summed E-state index contributed by atoms with van der Waals surface area (Å²) < 4.78 is 113. The van der Waals surface area contributed by atoms with E-state index in [9.17, 15) is 44.3 Å². The molecule has 1 aromatic rings.